The zero-order chi connectivity index (χ0) is 15.6. The van der Waals surface area contributed by atoms with Gasteiger partial charge < -0.3 is 10.2 Å². The summed E-state index contributed by atoms with van der Waals surface area (Å²) in [4.78, 5) is 19.0. The van der Waals surface area contributed by atoms with Crippen LogP contribution in [0.4, 0.5) is 0 Å². The van der Waals surface area contributed by atoms with Crippen LogP contribution in [0, 0.1) is 0 Å². The lowest BCUT2D eigenvalue weighted by Crippen LogP contribution is -2.56. The van der Waals surface area contributed by atoms with Crippen molar-refractivity contribution in [1.29, 1.82) is 0 Å². The molecule has 1 amide bonds. The summed E-state index contributed by atoms with van der Waals surface area (Å²) in [5.74, 6) is 0.907. The molecule has 4 nitrogen and oxygen atoms in total. The van der Waals surface area contributed by atoms with E-state index in [4.69, 9.17) is 0 Å². The van der Waals surface area contributed by atoms with E-state index >= 15 is 0 Å². The molecule has 0 spiro atoms. The second-order valence-corrected chi connectivity index (χ2v) is 8.14. The third-order valence-corrected chi connectivity index (χ3v) is 6.83. The van der Waals surface area contributed by atoms with Crippen molar-refractivity contribution in [3.05, 3.63) is 21.9 Å². The fourth-order valence-electron chi connectivity index (χ4n) is 4.31. The van der Waals surface area contributed by atoms with E-state index in [1.807, 2.05) is 0 Å². The Morgan fingerprint density at radius 3 is 2.87 bits per heavy atom. The number of piperazine rings is 1. The molecule has 1 N–H and O–H groups in total. The zero-order valence-corrected chi connectivity index (χ0v) is 14.6. The predicted molar refractivity (Wildman–Crippen MR) is 94.3 cm³/mol. The summed E-state index contributed by atoms with van der Waals surface area (Å²) in [6.07, 6.45) is 6.31. The van der Waals surface area contributed by atoms with Crippen LogP contribution in [0.15, 0.2) is 11.4 Å². The SMILES string of the molecule is O=C(c1csc(C2CCNCC2)c1)N1CCN2CCCCC2C1. The van der Waals surface area contributed by atoms with Crippen LogP contribution in [-0.4, -0.2) is 61.0 Å². The molecule has 0 aromatic carbocycles. The molecule has 1 unspecified atom stereocenters. The monoisotopic (exact) mass is 333 g/mol. The van der Waals surface area contributed by atoms with E-state index in [9.17, 15) is 4.79 Å². The molecule has 5 heteroatoms. The fraction of sp³-hybridized carbons (Fsp3) is 0.722. The summed E-state index contributed by atoms with van der Waals surface area (Å²) in [6, 6.07) is 2.78. The van der Waals surface area contributed by atoms with Gasteiger partial charge in [0.05, 0.1) is 5.56 Å². The van der Waals surface area contributed by atoms with Gasteiger partial charge in [-0.2, -0.15) is 0 Å². The number of carbonyl (C=O) groups is 1. The van der Waals surface area contributed by atoms with Gasteiger partial charge in [-0.15, -0.1) is 11.3 Å². The normalized spacial score (nSPS) is 27.0. The highest BCUT2D eigenvalue weighted by Gasteiger charge is 2.31. The summed E-state index contributed by atoms with van der Waals surface area (Å²) < 4.78 is 0. The molecule has 1 aromatic rings. The number of amides is 1. The van der Waals surface area contributed by atoms with Crippen molar-refractivity contribution in [2.75, 3.05) is 39.3 Å². The quantitative estimate of drug-likeness (QED) is 0.903. The van der Waals surface area contributed by atoms with Crippen LogP contribution in [0.5, 0.6) is 0 Å². The summed E-state index contributed by atoms with van der Waals surface area (Å²) >= 11 is 1.79. The molecule has 3 saturated heterocycles. The van der Waals surface area contributed by atoms with Crippen LogP contribution >= 0.6 is 11.3 Å². The van der Waals surface area contributed by atoms with Gasteiger partial charge in [0.2, 0.25) is 0 Å². The standard InChI is InChI=1S/C18H27N3OS/c22-18(21-10-9-20-8-2-1-3-16(20)12-21)15-11-17(23-13-15)14-4-6-19-7-5-14/h11,13-14,16,19H,1-10,12H2. The third kappa shape index (κ3) is 3.32. The molecule has 1 atom stereocenters. The number of nitrogens with one attached hydrogen (secondary N) is 1. The van der Waals surface area contributed by atoms with Gasteiger partial charge in [0.1, 0.15) is 0 Å². The van der Waals surface area contributed by atoms with E-state index in [1.165, 1.54) is 43.5 Å². The minimum atomic E-state index is 0.256. The molecule has 4 heterocycles. The first-order valence-corrected chi connectivity index (χ1v) is 10.0. The van der Waals surface area contributed by atoms with Gasteiger partial charge in [-0.3, -0.25) is 9.69 Å². The number of fused-ring (bicyclic) bond motifs is 1. The Morgan fingerprint density at radius 1 is 1.13 bits per heavy atom. The molecule has 4 rings (SSSR count). The molecular weight excluding hydrogens is 306 g/mol. The first-order chi connectivity index (χ1) is 11.3. The molecular formula is C18H27N3OS. The van der Waals surface area contributed by atoms with E-state index in [1.54, 1.807) is 11.3 Å². The van der Waals surface area contributed by atoms with Crippen molar-refractivity contribution in [3.63, 3.8) is 0 Å². The number of nitrogens with zero attached hydrogens (tertiary/aromatic N) is 2. The molecule has 0 saturated carbocycles. The number of piperidine rings is 2. The summed E-state index contributed by atoms with van der Waals surface area (Å²) in [5.41, 5.74) is 0.924. The molecule has 3 aliphatic rings. The lowest BCUT2D eigenvalue weighted by atomic mass is 9.96. The second-order valence-electron chi connectivity index (χ2n) is 7.20. The first-order valence-electron chi connectivity index (χ1n) is 9.14. The highest BCUT2D eigenvalue weighted by Crippen LogP contribution is 2.31. The van der Waals surface area contributed by atoms with E-state index in [0.717, 1.165) is 38.3 Å². The fourth-order valence-corrected chi connectivity index (χ4v) is 5.36. The van der Waals surface area contributed by atoms with E-state index in [-0.39, 0.29) is 5.91 Å². The Labute approximate surface area is 142 Å². The maximum Gasteiger partial charge on any atom is 0.254 e. The van der Waals surface area contributed by atoms with Crippen molar-refractivity contribution >= 4 is 17.2 Å². The van der Waals surface area contributed by atoms with E-state index in [0.29, 0.717) is 12.0 Å². The largest absolute Gasteiger partial charge is 0.336 e. The Kier molecular flexibility index (Phi) is 4.69. The molecule has 0 radical (unpaired) electrons. The van der Waals surface area contributed by atoms with Gasteiger partial charge in [-0.25, -0.2) is 0 Å². The van der Waals surface area contributed by atoms with Crippen molar-refractivity contribution in [2.45, 2.75) is 44.1 Å². The average molecular weight is 334 g/mol. The Balaban J connectivity index is 1.41. The molecule has 126 valence electrons. The van der Waals surface area contributed by atoms with E-state index in [2.05, 4.69) is 26.6 Å². The van der Waals surface area contributed by atoms with Gasteiger partial charge in [-0.1, -0.05) is 6.42 Å². The number of hydrogen-bond acceptors (Lipinski definition) is 4. The van der Waals surface area contributed by atoms with Crippen LogP contribution < -0.4 is 5.32 Å². The van der Waals surface area contributed by atoms with Crippen molar-refractivity contribution in [1.82, 2.24) is 15.1 Å². The number of thiophene rings is 1. The van der Waals surface area contributed by atoms with E-state index < -0.39 is 0 Å². The van der Waals surface area contributed by atoms with Gasteiger partial charge in [0.15, 0.2) is 0 Å². The van der Waals surface area contributed by atoms with Gasteiger partial charge in [-0.05, 0) is 57.3 Å². The van der Waals surface area contributed by atoms with Gasteiger partial charge in [0.25, 0.3) is 5.91 Å². The summed E-state index contributed by atoms with van der Waals surface area (Å²) in [6.45, 7) is 6.32. The Bertz CT molecular complexity index is 552. The highest BCUT2D eigenvalue weighted by molar-refractivity contribution is 7.10. The van der Waals surface area contributed by atoms with Crippen molar-refractivity contribution in [3.8, 4) is 0 Å². The molecule has 0 bridgehead atoms. The van der Waals surface area contributed by atoms with Crippen molar-refractivity contribution in [2.24, 2.45) is 0 Å². The lowest BCUT2D eigenvalue weighted by molar-refractivity contribution is 0.0373. The molecule has 3 fully saturated rings. The minimum Gasteiger partial charge on any atom is -0.336 e. The molecule has 0 aliphatic carbocycles. The number of rotatable bonds is 2. The lowest BCUT2D eigenvalue weighted by Gasteiger charge is -2.44. The first kappa shape index (κ1) is 15.6. The molecule has 1 aromatic heterocycles. The maximum atomic E-state index is 12.9. The topological polar surface area (TPSA) is 35.6 Å². The summed E-state index contributed by atoms with van der Waals surface area (Å²) in [7, 11) is 0. The molecule has 3 aliphatic heterocycles. The van der Waals surface area contributed by atoms with Crippen molar-refractivity contribution < 1.29 is 4.79 Å². The van der Waals surface area contributed by atoms with Gasteiger partial charge in [0, 0.05) is 35.9 Å². The van der Waals surface area contributed by atoms with Gasteiger partial charge >= 0.3 is 0 Å². The molecule has 23 heavy (non-hydrogen) atoms. The number of hydrogen-bond donors (Lipinski definition) is 1. The Morgan fingerprint density at radius 2 is 2.00 bits per heavy atom. The van der Waals surface area contributed by atoms with Crippen LogP contribution in [0.25, 0.3) is 0 Å². The highest BCUT2D eigenvalue weighted by atomic mass is 32.1. The smallest absolute Gasteiger partial charge is 0.254 e. The summed E-state index contributed by atoms with van der Waals surface area (Å²) in [5, 5.41) is 5.51. The predicted octanol–water partition coefficient (Wildman–Crippen LogP) is 2.53. The second kappa shape index (κ2) is 6.91. The average Bonchev–Trinajstić information content (AvgIpc) is 3.11. The Hall–Kier alpha value is -0.910. The van der Waals surface area contributed by atoms with Crippen LogP contribution in [0.1, 0.15) is 53.3 Å². The van der Waals surface area contributed by atoms with Crippen LogP contribution in [0.3, 0.4) is 0 Å². The third-order valence-electron chi connectivity index (χ3n) is 5.73. The van der Waals surface area contributed by atoms with Crippen LogP contribution in [0.2, 0.25) is 0 Å². The zero-order valence-electron chi connectivity index (χ0n) is 13.8. The number of carbonyl (C=O) groups excluding carboxylic acids is 1. The minimum absolute atomic E-state index is 0.256. The van der Waals surface area contributed by atoms with Crippen LogP contribution in [-0.2, 0) is 0 Å². The maximum absolute atomic E-state index is 12.9.